The van der Waals surface area contributed by atoms with Gasteiger partial charge in [0, 0.05) is 85.8 Å². The van der Waals surface area contributed by atoms with Gasteiger partial charge in [-0.1, -0.05) is 30.0 Å². The number of nitrogens with two attached hydrogens (primary N) is 1. The van der Waals surface area contributed by atoms with E-state index in [1.165, 1.54) is 25.7 Å². The summed E-state index contributed by atoms with van der Waals surface area (Å²) in [6.45, 7) is -0.638. The Bertz CT molecular complexity index is 3510. The van der Waals surface area contributed by atoms with Crippen molar-refractivity contribution in [1.82, 2.24) is 40.9 Å². The van der Waals surface area contributed by atoms with Crippen molar-refractivity contribution in [1.29, 1.82) is 0 Å². The summed E-state index contributed by atoms with van der Waals surface area (Å²) >= 11 is 0.783. The fraction of sp³-hybridized carbons (Fsp3) is 0.466. The molecule has 29 heteroatoms. The minimum atomic E-state index is -5.95. The molecule has 21 nitrogen and oxygen atoms in total. The molecular weight excluding hydrogens is 1190 g/mol. The number of likely N-dealkylation sites (tertiary alicyclic amines) is 1. The van der Waals surface area contributed by atoms with Crippen LogP contribution in [0.4, 0.5) is 26.3 Å². The summed E-state index contributed by atoms with van der Waals surface area (Å²) in [6.07, 6.45) is -1.29. The first-order valence-electron chi connectivity index (χ1n) is 28.2. The summed E-state index contributed by atoms with van der Waals surface area (Å²) in [7, 11) is -5.95. The Morgan fingerprint density at radius 1 is 0.885 bits per heavy atom. The van der Waals surface area contributed by atoms with Gasteiger partial charge < -0.3 is 46.2 Å². The maximum Gasteiger partial charge on any atom is 0.399 e. The normalized spacial score (nSPS) is 21.1. The highest BCUT2D eigenvalue weighted by molar-refractivity contribution is 7.52. The van der Waals surface area contributed by atoms with Gasteiger partial charge in [-0.15, -0.1) is 11.3 Å². The van der Waals surface area contributed by atoms with Gasteiger partial charge in [-0.25, -0.2) is 17.6 Å². The predicted octanol–water partition coefficient (Wildman–Crippen LogP) is 4.14. The third-order valence-electron chi connectivity index (χ3n) is 16.5. The number of thiophene rings is 1. The lowest BCUT2D eigenvalue weighted by molar-refractivity contribution is -0.144. The van der Waals surface area contributed by atoms with E-state index in [1.807, 2.05) is 0 Å². The largest absolute Gasteiger partial charge is 0.399 e. The number of fused-ring (bicyclic) bond motifs is 3. The fourth-order valence-corrected chi connectivity index (χ4v) is 13.3. The summed E-state index contributed by atoms with van der Waals surface area (Å²) in [4.78, 5) is 146. The van der Waals surface area contributed by atoms with E-state index in [0.29, 0.717) is 42.4 Å². The number of hydrogen-bond acceptors (Lipinski definition) is 12. The number of carbonyl (C=O) groups excluding carboxylic acids is 9. The maximum atomic E-state index is 14.7. The molecule has 0 aliphatic carbocycles. The maximum absolute atomic E-state index is 14.7. The lowest BCUT2D eigenvalue weighted by atomic mass is 9.91. The van der Waals surface area contributed by atoms with E-state index in [1.54, 1.807) is 18.2 Å². The number of amides is 9. The van der Waals surface area contributed by atoms with Crippen molar-refractivity contribution < 1.29 is 83.8 Å². The van der Waals surface area contributed by atoms with Gasteiger partial charge in [0.15, 0.2) is 11.6 Å². The first kappa shape index (κ1) is 63.8. The van der Waals surface area contributed by atoms with Crippen molar-refractivity contribution in [2.75, 3.05) is 32.7 Å². The fourth-order valence-electron chi connectivity index (χ4n) is 11.9. The van der Waals surface area contributed by atoms with Crippen molar-refractivity contribution in [3.63, 3.8) is 0 Å². The zero-order chi connectivity index (χ0) is 62.6. The highest BCUT2D eigenvalue weighted by Crippen LogP contribution is 2.59. The number of piperidine rings is 2. The molecule has 1 aromatic heterocycles. The van der Waals surface area contributed by atoms with Crippen LogP contribution in [-0.4, -0.2) is 158 Å². The van der Waals surface area contributed by atoms with Crippen molar-refractivity contribution in [2.24, 2.45) is 11.7 Å². The molecule has 87 heavy (non-hydrogen) atoms. The summed E-state index contributed by atoms with van der Waals surface area (Å²) < 4.78 is 97.6. The van der Waals surface area contributed by atoms with Crippen molar-refractivity contribution in [3.8, 4) is 11.8 Å². The molecule has 464 valence electrons. The van der Waals surface area contributed by atoms with Gasteiger partial charge in [0.1, 0.15) is 30.2 Å². The minimum Gasteiger partial charge on any atom is -0.370 e. The van der Waals surface area contributed by atoms with Crippen LogP contribution in [0.5, 0.6) is 0 Å². The van der Waals surface area contributed by atoms with Gasteiger partial charge in [-0.05, 0) is 116 Å². The van der Waals surface area contributed by atoms with Crippen molar-refractivity contribution in [3.05, 3.63) is 105 Å². The Kier molecular flexibility index (Phi) is 19.6. The Morgan fingerprint density at radius 2 is 1.64 bits per heavy atom. The summed E-state index contributed by atoms with van der Waals surface area (Å²) in [6, 6.07) is 4.54. The number of primary amides is 1. The molecule has 9 rings (SSSR count). The molecule has 0 spiro atoms. The number of nitrogens with one attached hydrogen (secondary N) is 4. The van der Waals surface area contributed by atoms with E-state index in [9.17, 15) is 83.8 Å². The lowest BCUT2D eigenvalue weighted by Gasteiger charge is -2.38. The smallest absolute Gasteiger partial charge is 0.370 e. The second-order valence-corrected chi connectivity index (χ2v) is 25.1. The number of halogens is 6. The monoisotopic (exact) mass is 1250 g/mol. The number of alkyl halides is 4. The van der Waals surface area contributed by atoms with E-state index in [2.05, 4.69) is 33.1 Å². The molecule has 0 radical (unpaired) electrons. The molecule has 6 heterocycles. The molecule has 5 aliphatic rings. The number of hydrogen-bond donors (Lipinski definition) is 7. The molecule has 3 aromatic carbocycles. The second kappa shape index (κ2) is 26.7. The van der Waals surface area contributed by atoms with Crippen molar-refractivity contribution in [2.45, 2.75) is 132 Å². The van der Waals surface area contributed by atoms with Gasteiger partial charge in [0.05, 0.1) is 11.4 Å². The molecule has 4 fully saturated rings. The van der Waals surface area contributed by atoms with Gasteiger partial charge in [0.25, 0.3) is 18.2 Å². The quantitative estimate of drug-likeness (QED) is 0.0301. The average molecular weight is 1250 g/mol. The SMILES string of the molecule is NC(=O)CC[C@H](NC(=O)[C@@H]1CC[C@@H]2CCN(CC(F)F)C[C@H](NC(=O)c3cc4cc(C(F)(F)P(=O)(O)O)ccc4s3)C(=O)N21)C(=O)N[C@@H](Cc1ccc(F)c(F)c1)C(=O)N1CCC(CCC#Cc2cccc3c2CN(C2CCC(=O)NC2=O)C3=O)CC1. The van der Waals surface area contributed by atoms with E-state index in [4.69, 9.17) is 5.73 Å². The number of benzene rings is 3. The molecule has 1 unspecified atom stereocenters. The van der Waals surface area contributed by atoms with Crippen LogP contribution in [0.2, 0.25) is 0 Å². The van der Waals surface area contributed by atoms with Gasteiger partial charge in [-0.3, -0.25) is 57.9 Å². The Hall–Kier alpha value is -7.70. The van der Waals surface area contributed by atoms with Gasteiger partial charge >= 0.3 is 13.3 Å². The standard InChI is InChI=1S/C58H62F6N9O12PS/c59-39-11-8-32(24-40(39)60)25-42(56(81)71-22-18-31(19-23-71)4-1-2-5-33-6-3-7-37-38(33)28-72(55(37)80)44-14-17-50(75)69-52(44)77)67-51(76)41(12-16-49(65)74)66-53(78)45-13-10-36-20-21-70(30-48(61)62)29-43(57(82)73(36)45)68-54(79)47-27-34-26-35(9-15-46(34)87-47)58(63,64)86(83,84)85/h3,6-9,11,15,24,26-27,31,36,41-45,48H,1,4,10,12-14,16-23,25,28-30H2,(H2,65,74)(H,66,78)(H,67,76)(H,68,79)(H,69,75,77)(H2,83,84,85)/t36-,41+,42+,43+,44?,45+/m1/s1. The molecular formula is C58H62F6N9O12PS. The molecule has 0 bridgehead atoms. The third kappa shape index (κ3) is 14.7. The summed E-state index contributed by atoms with van der Waals surface area (Å²) in [5.41, 5.74) is 1.79. The molecule has 6 atom stereocenters. The predicted molar refractivity (Wildman–Crippen MR) is 300 cm³/mol. The van der Waals surface area contributed by atoms with Crippen LogP contribution in [0.15, 0.2) is 60.7 Å². The zero-order valence-electron chi connectivity index (χ0n) is 46.6. The highest BCUT2D eigenvalue weighted by atomic mass is 32.1. The van der Waals surface area contributed by atoms with Gasteiger partial charge in [-0.2, -0.15) is 8.78 Å². The number of imide groups is 1. The number of nitrogens with zero attached hydrogens (tertiary/aromatic N) is 4. The molecule has 4 saturated heterocycles. The van der Waals surface area contributed by atoms with E-state index in [0.717, 1.165) is 47.7 Å². The van der Waals surface area contributed by atoms with Crippen LogP contribution in [-0.2, 0) is 56.8 Å². The Labute approximate surface area is 498 Å². The zero-order valence-corrected chi connectivity index (χ0v) is 48.3. The molecule has 8 N–H and O–H groups in total. The summed E-state index contributed by atoms with van der Waals surface area (Å²) in [5, 5.41) is 10.1. The molecule has 0 saturated carbocycles. The van der Waals surface area contributed by atoms with Crippen LogP contribution < -0.4 is 27.0 Å². The van der Waals surface area contributed by atoms with Crippen LogP contribution in [0.1, 0.15) is 113 Å². The average Bonchev–Trinajstić information content (AvgIpc) is 4.07. The highest BCUT2D eigenvalue weighted by Gasteiger charge is 2.51. The van der Waals surface area contributed by atoms with Gasteiger partial charge in [0.2, 0.25) is 41.4 Å². The Morgan fingerprint density at radius 3 is 2.34 bits per heavy atom. The first-order chi connectivity index (χ1) is 41.3. The van der Waals surface area contributed by atoms with Crippen LogP contribution in [0, 0.1) is 29.4 Å². The summed E-state index contributed by atoms with van der Waals surface area (Å²) in [5.74, 6) is -2.28. The number of carbonyl (C=O) groups is 9. The van der Waals surface area contributed by atoms with E-state index >= 15 is 0 Å². The van der Waals surface area contributed by atoms with Crippen LogP contribution in [0.25, 0.3) is 10.1 Å². The lowest BCUT2D eigenvalue weighted by Crippen LogP contribution is -2.62. The molecule has 5 aliphatic heterocycles. The molecule has 9 amide bonds. The second-order valence-electron chi connectivity index (χ2n) is 22.3. The van der Waals surface area contributed by atoms with E-state index in [-0.39, 0.29) is 97.1 Å². The Balaban J connectivity index is 0.865. The number of rotatable bonds is 19. The van der Waals surface area contributed by atoms with Crippen molar-refractivity contribution >= 4 is 82.2 Å². The topological polar surface area (TPSA) is 298 Å². The van der Waals surface area contributed by atoms with E-state index < -0.39 is 146 Å². The minimum absolute atomic E-state index is 0.0000802. The first-order valence-corrected chi connectivity index (χ1v) is 30.7. The third-order valence-corrected chi connectivity index (χ3v) is 18.6. The molecule has 4 aromatic rings. The van der Waals surface area contributed by atoms with Crippen LogP contribution >= 0.6 is 18.9 Å². The van der Waals surface area contributed by atoms with Crippen LogP contribution in [0.3, 0.4) is 0 Å².